The van der Waals surface area contributed by atoms with Crippen molar-refractivity contribution in [3.63, 3.8) is 0 Å². The molecule has 0 fully saturated rings. The van der Waals surface area contributed by atoms with Gasteiger partial charge in [0.2, 0.25) is 0 Å². The van der Waals surface area contributed by atoms with Crippen LogP contribution in [-0.4, -0.2) is 14.1 Å². The van der Waals surface area contributed by atoms with E-state index in [-0.39, 0.29) is 0 Å². The van der Waals surface area contributed by atoms with Crippen molar-refractivity contribution in [3.8, 4) is 45.0 Å². The molecule has 0 aliphatic heterocycles. The molecule has 0 bridgehead atoms. The van der Waals surface area contributed by atoms with Crippen LogP contribution in [0.2, 0.25) is 0 Å². The van der Waals surface area contributed by atoms with Crippen LogP contribution in [0.5, 0.6) is 0 Å². The summed E-state index contributed by atoms with van der Waals surface area (Å²) < 4.78 is 4.72. The molecular weight excluding hydrogens is 534 g/mol. The smallest absolute Gasteiger partial charge is 0.145 e. The van der Waals surface area contributed by atoms with Crippen molar-refractivity contribution in [1.29, 1.82) is 0 Å². The van der Waals surface area contributed by atoms with E-state index in [4.69, 9.17) is 4.98 Å². The Labute approximate surface area is 253 Å². The first-order chi connectivity index (χ1) is 21.8. The Hall–Kier alpha value is -5.93. The summed E-state index contributed by atoms with van der Waals surface area (Å²) in [6.07, 6.45) is 0. The molecule has 0 unspecified atom stereocenters. The van der Waals surface area contributed by atoms with E-state index in [1.165, 1.54) is 54.8 Å². The van der Waals surface area contributed by atoms with Crippen LogP contribution in [0.25, 0.3) is 88.6 Å². The lowest BCUT2D eigenvalue weighted by Gasteiger charge is -2.14. The molecule has 2 heterocycles. The highest BCUT2D eigenvalue weighted by Crippen LogP contribution is 2.50. The molecule has 0 saturated heterocycles. The third-order valence-corrected chi connectivity index (χ3v) is 9.26. The van der Waals surface area contributed by atoms with Crippen LogP contribution in [0.3, 0.4) is 0 Å². The maximum atomic E-state index is 5.04. The third kappa shape index (κ3) is 3.13. The van der Waals surface area contributed by atoms with Crippen molar-refractivity contribution in [1.82, 2.24) is 14.1 Å². The summed E-state index contributed by atoms with van der Waals surface area (Å²) in [5.41, 5.74) is 13.2. The molecule has 9 aromatic rings. The lowest BCUT2D eigenvalue weighted by Crippen LogP contribution is -1.99. The highest BCUT2D eigenvalue weighted by Gasteiger charge is 2.25. The van der Waals surface area contributed by atoms with Gasteiger partial charge < -0.3 is 4.57 Å². The SMILES string of the molecule is c1ccc(-c2nc3ccccc3n2-c2ccc(-n3c4ccccc4c4cc5c6c(cccc6c43)-c3ccccc3-5)cc2)cc1. The molecule has 0 saturated carbocycles. The van der Waals surface area contributed by atoms with Gasteiger partial charge >= 0.3 is 0 Å². The van der Waals surface area contributed by atoms with Gasteiger partial charge in [0, 0.05) is 33.1 Å². The zero-order valence-electron chi connectivity index (χ0n) is 23.8. The largest absolute Gasteiger partial charge is 0.309 e. The lowest BCUT2D eigenvalue weighted by molar-refractivity contribution is 1.09. The Morgan fingerprint density at radius 1 is 0.409 bits per heavy atom. The fraction of sp³-hybridized carbons (Fsp3) is 0. The molecule has 44 heavy (non-hydrogen) atoms. The van der Waals surface area contributed by atoms with Crippen molar-refractivity contribution in [2.45, 2.75) is 0 Å². The summed E-state index contributed by atoms with van der Waals surface area (Å²) in [4.78, 5) is 5.04. The average molecular weight is 560 g/mol. The highest BCUT2D eigenvalue weighted by molar-refractivity contribution is 6.27. The van der Waals surface area contributed by atoms with Crippen molar-refractivity contribution in [2.75, 3.05) is 0 Å². The molecule has 0 N–H and O–H groups in total. The molecule has 1 aliphatic carbocycles. The summed E-state index contributed by atoms with van der Waals surface area (Å²) in [6.45, 7) is 0. The van der Waals surface area contributed by atoms with Crippen LogP contribution in [0.1, 0.15) is 0 Å². The van der Waals surface area contributed by atoms with Crippen LogP contribution < -0.4 is 0 Å². The molecule has 0 atom stereocenters. The van der Waals surface area contributed by atoms with Gasteiger partial charge in [0.1, 0.15) is 5.82 Å². The number of imidazole rings is 1. The molecular formula is C41H25N3. The van der Waals surface area contributed by atoms with Crippen LogP contribution >= 0.6 is 0 Å². The maximum Gasteiger partial charge on any atom is 0.145 e. The van der Waals surface area contributed by atoms with Gasteiger partial charge in [-0.05, 0) is 76.2 Å². The van der Waals surface area contributed by atoms with Crippen molar-refractivity contribution < 1.29 is 0 Å². The predicted molar refractivity (Wildman–Crippen MR) is 183 cm³/mol. The molecule has 0 amide bonds. The Morgan fingerprint density at radius 2 is 1.02 bits per heavy atom. The molecule has 204 valence electrons. The normalized spacial score (nSPS) is 12.1. The van der Waals surface area contributed by atoms with Crippen LogP contribution in [0, 0.1) is 0 Å². The molecule has 1 aliphatic rings. The topological polar surface area (TPSA) is 22.8 Å². The maximum absolute atomic E-state index is 5.04. The Bertz CT molecular complexity index is 2590. The molecule has 10 rings (SSSR count). The molecule has 0 spiro atoms. The Kier molecular flexibility index (Phi) is 4.72. The quantitative estimate of drug-likeness (QED) is 0.211. The monoisotopic (exact) mass is 559 g/mol. The number of aromatic nitrogens is 3. The van der Waals surface area contributed by atoms with Gasteiger partial charge in [-0.25, -0.2) is 4.98 Å². The van der Waals surface area contributed by atoms with E-state index in [1.54, 1.807) is 0 Å². The van der Waals surface area contributed by atoms with Gasteiger partial charge in [-0.2, -0.15) is 0 Å². The first-order valence-electron chi connectivity index (χ1n) is 15.1. The van der Waals surface area contributed by atoms with Crippen LogP contribution in [0.4, 0.5) is 0 Å². The molecule has 7 aromatic carbocycles. The van der Waals surface area contributed by atoms with Gasteiger partial charge in [0.15, 0.2) is 0 Å². The molecule has 3 nitrogen and oxygen atoms in total. The summed E-state index contributed by atoms with van der Waals surface area (Å²) >= 11 is 0. The second kappa shape index (κ2) is 8.79. The minimum atomic E-state index is 0.945. The highest BCUT2D eigenvalue weighted by atomic mass is 15.1. The van der Waals surface area contributed by atoms with Gasteiger partial charge in [-0.15, -0.1) is 0 Å². The summed E-state index contributed by atoms with van der Waals surface area (Å²) in [6, 6.07) is 54.6. The standard InChI is InChI=1S/C41H25N3/c1-2-11-26(12-3-1)41-42-36-18-7-9-20-38(36)44(41)28-23-21-27(22-24-28)43-37-19-8-6-15-31(37)35-25-34-30-14-5-4-13-29(30)32-16-10-17-33(39(32)34)40(35)43/h1-25H. The van der Waals surface area contributed by atoms with Crippen molar-refractivity contribution in [3.05, 3.63) is 152 Å². The first-order valence-corrected chi connectivity index (χ1v) is 15.1. The van der Waals surface area contributed by atoms with Gasteiger partial charge in [-0.1, -0.05) is 103 Å². The molecule has 2 aromatic heterocycles. The van der Waals surface area contributed by atoms with Crippen LogP contribution in [0.15, 0.2) is 152 Å². The number of hydrogen-bond acceptors (Lipinski definition) is 1. The number of fused-ring (bicyclic) bond motifs is 8. The summed E-state index contributed by atoms with van der Waals surface area (Å²) in [5, 5.41) is 5.19. The van der Waals surface area contributed by atoms with E-state index < -0.39 is 0 Å². The number of para-hydroxylation sites is 3. The van der Waals surface area contributed by atoms with E-state index in [9.17, 15) is 0 Å². The van der Waals surface area contributed by atoms with Gasteiger partial charge in [0.25, 0.3) is 0 Å². The second-order valence-electron chi connectivity index (χ2n) is 11.6. The zero-order valence-corrected chi connectivity index (χ0v) is 23.8. The van der Waals surface area contributed by atoms with Crippen LogP contribution in [-0.2, 0) is 0 Å². The van der Waals surface area contributed by atoms with Gasteiger partial charge in [0.05, 0.1) is 22.1 Å². The Morgan fingerprint density at radius 3 is 1.84 bits per heavy atom. The number of rotatable bonds is 3. The molecule has 3 heteroatoms. The van der Waals surface area contributed by atoms with E-state index >= 15 is 0 Å². The fourth-order valence-corrected chi connectivity index (χ4v) is 7.41. The minimum absolute atomic E-state index is 0.945. The third-order valence-electron chi connectivity index (χ3n) is 9.26. The lowest BCUT2D eigenvalue weighted by atomic mass is 9.99. The Balaban J connectivity index is 1.23. The predicted octanol–water partition coefficient (Wildman–Crippen LogP) is 10.6. The molecule has 0 radical (unpaired) electrons. The van der Waals surface area contributed by atoms with Gasteiger partial charge in [-0.3, -0.25) is 4.57 Å². The summed E-state index contributed by atoms with van der Waals surface area (Å²) in [7, 11) is 0. The van der Waals surface area contributed by atoms with E-state index in [1.807, 2.05) is 6.07 Å². The van der Waals surface area contributed by atoms with E-state index in [0.717, 1.165) is 33.8 Å². The fourth-order valence-electron chi connectivity index (χ4n) is 7.41. The second-order valence-corrected chi connectivity index (χ2v) is 11.6. The van der Waals surface area contributed by atoms with E-state index in [2.05, 4.69) is 155 Å². The number of hydrogen-bond donors (Lipinski definition) is 0. The minimum Gasteiger partial charge on any atom is -0.309 e. The first kappa shape index (κ1) is 23.6. The number of benzene rings is 7. The zero-order chi connectivity index (χ0) is 28.8. The average Bonchev–Trinajstić information content (AvgIpc) is 3.75. The number of nitrogens with zero attached hydrogens (tertiary/aromatic N) is 3. The van der Waals surface area contributed by atoms with E-state index in [0.29, 0.717) is 0 Å². The van der Waals surface area contributed by atoms with Crippen molar-refractivity contribution in [2.24, 2.45) is 0 Å². The summed E-state index contributed by atoms with van der Waals surface area (Å²) in [5.74, 6) is 0.945. The van der Waals surface area contributed by atoms with Crippen molar-refractivity contribution >= 4 is 43.6 Å².